The van der Waals surface area contributed by atoms with Crippen LogP contribution in [0.4, 0.5) is 0 Å². The van der Waals surface area contributed by atoms with Gasteiger partial charge in [0.2, 0.25) is 0 Å². The maximum atomic E-state index is 6.87. The van der Waals surface area contributed by atoms with Crippen molar-refractivity contribution in [3.63, 3.8) is 0 Å². The predicted molar refractivity (Wildman–Crippen MR) is 285 cm³/mol. The molecule has 0 saturated carbocycles. The molecule has 2 atom stereocenters. The van der Waals surface area contributed by atoms with Crippen molar-refractivity contribution < 1.29 is 4.42 Å². The lowest BCUT2D eigenvalue weighted by molar-refractivity contribution is 0.446. The van der Waals surface area contributed by atoms with E-state index in [0.717, 1.165) is 96.2 Å². The minimum absolute atomic E-state index is 0.145. The second-order valence-corrected chi connectivity index (χ2v) is 18.5. The Bertz CT molecular complexity index is 4240. The molecule has 0 fully saturated rings. The minimum Gasteiger partial charge on any atom is -0.456 e. The van der Waals surface area contributed by atoms with Gasteiger partial charge in [0.1, 0.15) is 11.2 Å². The number of benzene rings is 10. The molecule has 2 unspecified atom stereocenters. The number of rotatable bonds is 5. The van der Waals surface area contributed by atoms with Crippen LogP contribution in [0.3, 0.4) is 0 Å². The van der Waals surface area contributed by atoms with Crippen LogP contribution in [-0.2, 0) is 0 Å². The van der Waals surface area contributed by atoms with Crippen LogP contribution in [0.1, 0.15) is 42.5 Å². The molecule has 10 aromatic carbocycles. The first-order valence-electron chi connectivity index (χ1n) is 23.7. The molecule has 1 aliphatic rings. The first-order chi connectivity index (χ1) is 33.6. The number of nitrogens with zero attached hydrogens (tertiary/aromatic N) is 4. The average molecular weight is 873 g/mol. The lowest BCUT2D eigenvalue weighted by Gasteiger charge is -2.26. The van der Waals surface area contributed by atoms with Crippen LogP contribution in [0.25, 0.3) is 98.5 Å². The van der Waals surface area contributed by atoms with Gasteiger partial charge in [0.25, 0.3) is 0 Å². The van der Waals surface area contributed by atoms with Crippen LogP contribution in [-0.4, -0.2) is 20.7 Å². The second kappa shape index (κ2) is 15.3. The van der Waals surface area contributed by atoms with Gasteiger partial charge >= 0.3 is 0 Å². The fourth-order valence-corrected chi connectivity index (χ4v) is 11.4. The molecule has 0 spiro atoms. The molecule has 5 nitrogen and oxygen atoms in total. The molecule has 4 heterocycles. The van der Waals surface area contributed by atoms with Crippen LogP contribution in [0.2, 0.25) is 0 Å². The van der Waals surface area contributed by atoms with E-state index in [1.807, 2.05) is 0 Å². The third-order valence-corrected chi connectivity index (χ3v) is 14.5. The van der Waals surface area contributed by atoms with Gasteiger partial charge in [-0.25, -0.2) is 4.99 Å². The fraction of sp³-hybridized carbons (Fsp3) is 0.0794. The molecule has 0 amide bonds. The van der Waals surface area contributed by atoms with Crippen molar-refractivity contribution in [3.8, 4) is 11.4 Å². The lowest BCUT2D eigenvalue weighted by Crippen LogP contribution is -2.18. The lowest BCUT2D eigenvalue weighted by atomic mass is 9.87. The Labute approximate surface area is 392 Å². The Kier molecular flexibility index (Phi) is 8.69. The van der Waals surface area contributed by atoms with Crippen molar-refractivity contribution >= 4 is 98.6 Å². The third-order valence-electron chi connectivity index (χ3n) is 14.5. The SMILES string of the molecule is CC1CC/C(c2cccc3c2c2ccccc2n3-c2ccccc2)=N\C(c2cccc3ccccc23)=N/C1c1cc(-n2c3ccccc3c3cc4ccccc4cc32)c2c(c1)oc1ccccc12. The van der Waals surface area contributed by atoms with Crippen LogP contribution >= 0.6 is 0 Å². The van der Waals surface area contributed by atoms with Crippen LogP contribution in [0.5, 0.6) is 0 Å². The summed E-state index contributed by atoms with van der Waals surface area (Å²) in [6.07, 6.45) is 1.67. The summed E-state index contributed by atoms with van der Waals surface area (Å²) in [4.78, 5) is 11.7. The normalized spacial score (nSPS) is 17.3. The van der Waals surface area contributed by atoms with Crippen molar-refractivity contribution in [1.82, 2.24) is 9.13 Å². The molecule has 0 bridgehead atoms. The van der Waals surface area contributed by atoms with E-state index >= 15 is 0 Å². The topological polar surface area (TPSA) is 47.7 Å². The van der Waals surface area contributed by atoms with E-state index in [1.165, 1.54) is 43.4 Å². The number of aliphatic imine (C=N–C) groups is 2. The number of aromatic nitrogens is 2. The summed E-state index contributed by atoms with van der Waals surface area (Å²) >= 11 is 0. The van der Waals surface area contributed by atoms with Crippen molar-refractivity contribution in [2.24, 2.45) is 15.9 Å². The summed E-state index contributed by atoms with van der Waals surface area (Å²) in [7, 11) is 0. The van der Waals surface area contributed by atoms with Gasteiger partial charge in [-0.15, -0.1) is 0 Å². The van der Waals surface area contributed by atoms with E-state index in [-0.39, 0.29) is 12.0 Å². The van der Waals surface area contributed by atoms with Crippen molar-refractivity contribution in [1.29, 1.82) is 0 Å². The maximum absolute atomic E-state index is 6.87. The molecular formula is C63H44N4O. The predicted octanol–water partition coefficient (Wildman–Crippen LogP) is 16.5. The molecule has 0 aliphatic carbocycles. The highest BCUT2D eigenvalue weighted by molar-refractivity contribution is 6.24. The van der Waals surface area contributed by atoms with Crippen molar-refractivity contribution in [2.45, 2.75) is 25.8 Å². The summed E-state index contributed by atoms with van der Waals surface area (Å²) in [6, 6.07) is 76.4. The Hall–Kier alpha value is -8.54. The zero-order chi connectivity index (χ0) is 44.9. The summed E-state index contributed by atoms with van der Waals surface area (Å²) in [5, 5.41) is 11.8. The molecular weight excluding hydrogens is 829 g/mol. The molecule has 0 saturated heterocycles. The smallest absolute Gasteiger partial charge is 0.156 e. The van der Waals surface area contributed by atoms with Crippen molar-refractivity contribution in [2.75, 3.05) is 0 Å². The van der Waals surface area contributed by atoms with E-state index in [2.05, 4.69) is 228 Å². The van der Waals surface area contributed by atoms with E-state index in [9.17, 15) is 0 Å². The van der Waals surface area contributed by atoms with Gasteiger partial charge < -0.3 is 13.6 Å². The average Bonchev–Trinajstić information content (AvgIpc) is 4.04. The van der Waals surface area contributed by atoms with E-state index in [0.29, 0.717) is 0 Å². The molecule has 14 rings (SSSR count). The summed E-state index contributed by atoms with van der Waals surface area (Å²) in [5.41, 5.74) is 12.9. The maximum Gasteiger partial charge on any atom is 0.156 e. The standard InChI is InChI=1S/C63H44N4O/c1-39-33-34-52(48-28-16-31-55-60(48)49-25-10-13-30-54(49)66(55)44-21-3-2-4-22-44)64-63(47-27-15-20-40-17-7-8-23-45(40)47)65-62(39)43-37-57(61-50-26-11-14-32-58(50)68-59(61)38-43)67-53-29-12-9-24-46(53)51-35-41-18-5-6-19-42(41)36-56(51)67/h2-32,35-39,62H,33-34H2,1H3/b64-52+,65-63-. The van der Waals surface area contributed by atoms with E-state index in [4.69, 9.17) is 14.4 Å². The number of amidine groups is 1. The Morgan fingerprint density at radius 3 is 1.93 bits per heavy atom. The highest BCUT2D eigenvalue weighted by atomic mass is 16.3. The van der Waals surface area contributed by atoms with Crippen LogP contribution in [0.15, 0.2) is 227 Å². The fourth-order valence-electron chi connectivity index (χ4n) is 11.4. The van der Waals surface area contributed by atoms with Gasteiger partial charge in [-0.1, -0.05) is 159 Å². The molecule has 1 aliphatic heterocycles. The highest BCUT2D eigenvalue weighted by Gasteiger charge is 2.29. The molecule has 5 heteroatoms. The van der Waals surface area contributed by atoms with Crippen LogP contribution < -0.4 is 0 Å². The quantitative estimate of drug-likeness (QED) is 0.170. The highest BCUT2D eigenvalue weighted by Crippen LogP contribution is 2.44. The Morgan fingerprint density at radius 2 is 1.09 bits per heavy atom. The van der Waals surface area contributed by atoms with Gasteiger partial charge in [-0.05, 0) is 107 Å². The number of fused-ring (bicyclic) bond motifs is 11. The largest absolute Gasteiger partial charge is 0.456 e. The molecule has 13 aromatic rings. The van der Waals surface area contributed by atoms with Gasteiger partial charge in [0.15, 0.2) is 5.84 Å². The third kappa shape index (κ3) is 5.95. The number of hydrogen-bond acceptors (Lipinski definition) is 3. The molecule has 0 radical (unpaired) electrons. The first-order valence-corrected chi connectivity index (χ1v) is 23.7. The summed E-state index contributed by atoms with van der Waals surface area (Å²) in [6.45, 7) is 2.37. The van der Waals surface area contributed by atoms with Crippen molar-refractivity contribution in [3.05, 3.63) is 229 Å². The molecule has 0 N–H and O–H groups in total. The van der Waals surface area contributed by atoms with Crippen LogP contribution in [0, 0.1) is 5.92 Å². The second-order valence-electron chi connectivity index (χ2n) is 18.5. The van der Waals surface area contributed by atoms with E-state index in [1.54, 1.807) is 0 Å². The summed E-state index contributed by atoms with van der Waals surface area (Å²) in [5.74, 6) is 0.888. The first kappa shape index (κ1) is 38.7. The number of para-hydroxylation sites is 4. The minimum atomic E-state index is -0.227. The molecule has 3 aromatic heterocycles. The number of hydrogen-bond donors (Lipinski definition) is 0. The Balaban J connectivity index is 1.03. The molecule has 322 valence electrons. The van der Waals surface area contributed by atoms with E-state index < -0.39 is 0 Å². The van der Waals surface area contributed by atoms with Gasteiger partial charge in [0, 0.05) is 43.7 Å². The monoisotopic (exact) mass is 872 g/mol. The molecule has 68 heavy (non-hydrogen) atoms. The number of furan rings is 1. The Morgan fingerprint density at radius 1 is 0.456 bits per heavy atom. The van der Waals surface area contributed by atoms with Gasteiger partial charge in [0.05, 0.1) is 44.9 Å². The van der Waals surface area contributed by atoms with Gasteiger partial charge in [-0.2, -0.15) is 0 Å². The zero-order valence-corrected chi connectivity index (χ0v) is 37.5. The summed E-state index contributed by atoms with van der Waals surface area (Å²) < 4.78 is 11.7. The van der Waals surface area contributed by atoms with Gasteiger partial charge in [-0.3, -0.25) is 4.99 Å². The zero-order valence-electron chi connectivity index (χ0n) is 37.5.